The third-order valence-electron chi connectivity index (χ3n) is 15.5. The van der Waals surface area contributed by atoms with Gasteiger partial charge < -0.3 is 0 Å². The number of hydrogen-bond donors (Lipinski definition) is 0. The molecule has 0 fully saturated rings. The van der Waals surface area contributed by atoms with E-state index in [-0.39, 0.29) is 5.41 Å². The quantitative estimate of drug-likeness (QED) is 0.165. The van der Waals surface area contributed by atoms with Crippen LogP contribution in [0.15, 0.2) is 243 Å². The number of fused-ring (bicyclic) bond motifs is 14. The summed E-state index contributed by atoms with van der Waals surface area (Å²) in [5.41, 5.74) is 25.1. The van der Waals surface area contributed by atoms with Gasteiger partial charge in [0.15, 0.2) is 0 Å². The van der Waals surface area contributed by atoms with Crippen molar-refractivity contribution in [1.29, 1.82) is 0 Å². The Bertz CT molecular complexity index is 3820. The van der Waals surface area contributed by atoms with Crippen molar-refractivity contribution < 1.29 is 0 Å². The zero-order valence-electron chi connectivity index (χ0n) is 38.5. The largest absolute Gasteiger partial charge is 0.294 e. The topological polar surface area (TPSA) is 16.1 Å². The molecule has 1 spiro atoms. The molecule has 10 aromatic carbocycles. The molecule has 0 bridgehead atoms. The molecule has 0 saturated carbocycles. The molecule has 3 aliphatic rings. The van der Waals surface area contributed by atoms with Crippen LogP contribution in [0.2, 0.25) is 0 Å². The number of hydrogen-bond acceptors (Lipinski definition) is 2. The third-order valence-corrected chi connectivity index (χ3v) is 15.5. The van der Waals surface area contributed by atoms with Crippen LogP contribution in [0.5, 0.6) is 0 Å². The molecule has 14 rings (SSSR count). The summed E-state index contributed by atoms with van der Waals surface area (Å²) in [6, 6.07) is 89.9. The Balaban J connectivity index is 1.07. The van der Waals surface area contributed by atoms with Crippen molar-refractivity contribution in [1.82, 2.24) is 4.98 Å². The molecule has 0 saturated heterocycles. The van der Waals surface area contributed by atoms with Crippen molar-refractivity contribution >= 4 is 28.1 Å². The number of anilines is 3. The van der Waals surface area contributed by atoms with Gasteiger partial charge in [0.1, 0.15) is 5.82 Å². The molecule has 3 aliphatic carbocycles. The fourth-order valence-electron chi connectivity index (χ4n) is 12.5. The van der Waals surface area contributed by atoms with Crippen molar-refractivity contribution in [2.75, 3.05) is 4.90 Å². The van der Waals surface area contributed by atoms with Crippen molar-refractivity contribution in [2.45, 2.75) is 24.7 Å². The molecule has 0 atom stereocenters. The molecule has 1 aromatic heterocycles. The summed E-state index contributed by atoms with van der Waals surface area (Å²) in [6.45, 7) is 4.73. The van der Waals surface area contributed by atoms with E-state index in [9.17, 15) is 0 Å². The summed E-state index contributed by atoms with van der Waals surface area (Å²) in [5.74, 6) is 0.853. The smallest absolute Gasteiger partial charge is 0.138 e. The van der Waals surface area contributed by atoms with Crippen LogP contribution in [0.3, 0.4) is 0 Å². The number of benzene rings is 10. The minimum Gasteiger partial charge on any atom is -0.294 e. The first-order valence-electron chi connectivity index (χ1n) is 24.1. The summed E-state index contributed by atoms with van der Waals surface area (Å²) in [4.78, 5) is 8.15. The van der Waals surface area contributed by atoms with Crippen molar-refractivity contribution in [3.05, 3.63) is 276 Å². The Morgan fingerprint density at radius 3 is 1.51 bits per heavy atom. The minimum absolute atomic E-state index is 0.141. The second-order valence-corrected chi connectivity index (χ2v) is 19.4. The summed E-state index contributed by atoms with van der Waals surface area (Å²) in [6.07, 6.45) is 0. The second kappa shape index (κ2) is 15.0. The van der Waals surface area contributed by atoms with Gasteiger partial charge in [-0.25, -0.2) is 4.98 Å². The van der Waals surface area contributed by atoms with Crippen LogP contribution < -0.4 is 4.90 Å². The van der Waals surface area contributed by atoms with Gasteiger partial charge in [-0.3, -0.25) is 4.90 Å². The van der Waals surface area contributed by atoms with Gasteiger partial charge in [0, 0.05) is 22.1 Å². The van der Waals surface area contributed by atoms with E-state index in [1.165, 1.54) is 72.3 Å². The molecule has 324 valence electrons. The first kappa shape index (κ1) is 39.6. The fourth-order valence-corrected chi connectivity index (χ4v) is 12.5. The van der Waals surface area contributed by atoms with Crippen molar-refractivity contribution in [3.8, 4) is 66.8 Å². The molecule has 0 amide bonds. The average molecular weight is 879 g/mol. The van der Waals surface area contributed by atoms with Gasteiger partial charge in [-0.15, -0.1) is 0 Å². The SMILES string of the molecule is CC1(C)c2ccccc2-c2ccc(-c3cc(N(c4ccc5c(c4)C4(c6ccccc6-c6ccccc64)c4ccccc4-5)c4cccc(-c5ccccc5)c4-c4ccccc4)nc4ccccc34)cc21. The molecule has 2 heteroatoms. The first-order chi connectivity index (χ1) is 34.0. The molecular weight excluding hydrogens is 833 g/mol. The lowest BCUT2D eigenvalue weighted by Crippen LogP contribution is -2.26. The second-order valence-electron chi connectivity index (χ2n) is 19.4. The van der Waals surface area contributed by atoms with E-state index in [0.29, 0.717) is 0 Å². The van der Waals surface area contributed by atoms with E-state index in [1.807, 2.05) is 0 Å². The summed E-state index contributed by atoms with van der Waals surface area (Å²) in [5, 5.41) is 1.12. The number of rotatable bonds is 6. The average Bonchev–Trinajstić information content (AvgIpc) is 3.97. The molecule has 1 heterocycles. The monoisotopic (exact) mass is 878 g/mol. The van der Waals surface area contributed by atoms with Gasteiger partial charge in [-0.05, 0) is 131 Å². The van der Waals surface area contributed by atoms with Crippen molar-refractivity contribution in [2.24, 2.45) is 0 Å². The predicted octanol–water partition coefficient (Wildman–Crippen LogP) is 17.4. The van der Waals surface area contributed by atoms with Crippen LogP contribution in [-0.2, 0) is 10.8 Å². The van der Waals surface area contributed by atoms with Crippen LogP contribution in [0.4, 0.5) is 17.2 Å². The maximum atomic E-state index is 5.71. The zero-order chi connectivity index (χ0) is 45.8. The molecule has 0 unspecified atom stereocenters. The van der Waals surface area contributed by atoms with Gasteiger partial charge in [0.2, 0.25) is 0 Å². The van der Waals surface area contributed by atoms with Crippen LogP contribution in [-0.4, -0.2) is 4.98 Å². The Kier molecular flexibility index (Phi) is 8.58. The highest BCUT2D eigenvalue weighted by atomic mass is 15.2. The highest BCUT2D eigenvalue weighted by Gasteiger charge is 2.51. The molecule has 69 heavy (non-hydrogen) atoms. The predicted molar refractivity (Wildman–Crippen MR) is 287 cm³/mol. The lowest BCUT2D eigenvalue weighted by Gasteiger charge is -2.33. The molecule has 11 aromatic rings. The van der Waals surface area contributed by atoms with Crippen molar-refractivity contribution in [3.63, 3.8) is 0 Å². The van der Waals surface area contributed by atoms with Crippen LogP contribution in [0, 0.1) is 0 Å². The molecular formula is C67H46N2. The Morgan fingerprint density at radius 2 is 0.841 bits per heavy atom. The normalized spacial score (nSPS) is 13.9. The van der Waals surface area contributed by atoms with Crippen LogP contribution in [0.25, 0.3) is 77.7 Å². The van der Waals surface area contributed by atoms with Crippen LogP contribution in [0.1, 0.15) is 47.2 Å². The summed E-state index contributed by atoms with van der Waals surface area (Å²) < 4.78 is 0. The molecule has 0 radical (unpaired) electrons. The maximum Gasteiger partial charge on any atom is 0.138 e. The molecule has 0 N–H and O–H groups in total. The highest BCUT2D eigenvalue weighted by molar-refractivity contribution is 6.02. The molecule has 0 aliphatic heterocycles. The van der Waals surface area contributed by atoms with E-state index in [4.69, 9.17) is 4.98 Å². The van der Waals surface area contributed by atoms with E-state index in [0.717, 1.165) is 55.9 Å². The van der Waals surface area contributed by atoms with E-state index in [2.05, 4.69) is 261 Å². The van der Waals surface area contributed by atoms with Gasteiger partial charge in [-0.1, -0.05) is 220 Å². The lowest BCUT2D eigenvalue weighted by atomic mass is 9.70. The third kappa shape index (κ3) is 5.64. The minimum atomic E-state index is -0.508. The van der Waals surface area contributed by atoms with E-state index in [1.54, 1.807) is 0 Å². The number of nitrogens with zero attached hydrogens (tertiary/aromatic N) is 2. The molecule has 2 nitrogen and oxygen atoms in total. The first-order valence-corrected chi connectivity index (χ1v) is 24.1. The maximum absolute atomic E-state index is 5.71. The lowest BCUT2D eigenvalue weighted by molar-refractivity contribution is 0.660. The number of aromatic nitrogens is 1. The van der Waals surface area contributed by atoms with E-state index < -0.39 is 5.41 Å². The Hall–Kier alpha value is -8.59. The van der Waals surface area contributed by atoms with Gasteiger partial charge in [0.05, 0.1) is 16.6 Å². The summed E-state index contributed by atoms with van der Waals surface area (Å²) >= 11 is 0. The van der Waals surface area contributed by atoms with Gasteiger partial charge in [0.25, 0.3) is 0 Å². The van der Waals surface area contributed by atoms with E-state index >= 15 is 0 Å². The fraction of sp³-hybridized carbons (Fsp3) is 0.0597. The summed E-state index contributed by atoms with van der Waals surface area (Å²) in [7, 11) is 0. The van der Waals surface area contributed by atoms with Gasteiger partial charge in [-0.2, -0.15) is 0 Å². The standard InChI is InChI=1S/C67H46N2/c1-66(2)56-30-14-9-24-48(56)52-38-36-45(40-60(52)66)55-42-64(68-62-34-18-13-28-54(55)62)69(63-35-19-29-47(43-20-5-3-6-21-43)65(63)44-22-7-4-8-23-44)46-37-39-53-51-27-12-17-33-59(51)67(61(53)41-46)57-31-15-10-25-49(57)50-26-11-16-32-58(50)67/h3-42H,1-2H3. The zero-order valence-corrected chi connectivity index (χ0v) is 38.5. The number of para-hydroxylation sites is 1. The number of pyridine rings is 1. The highest BCUT2D eigenvalue weighted by Crippen LogP contribution is 2.63. The Labute approximate surface area is 403 Å². The van der Waals surface area contributed by atoms with Crippen LogP contribution >= 0.6 is 0 Å². The Morgan fingerprint density at radius 1 is 0.333 bits per heavy atom. The van der Waals surface area contributed by atoms with Gasteiger partial charge >= 0.3 is 0 Å².